The van der Waals surface area contributed by atoms with Gasteiger partial charge in [-0.15, -0.1) is 5.10 Å². The third-order valence-electron chi connectivity index (χ3n) is 3.99. The quantitative estimate of drug-likeness (QED) is 0.806. The number of nitrogens with zero attached hydrogens (tertiary/aromatic N) is 3. The molecule has 1 amide bonds. The van der Waals surface area contributed by atoms with Gasteiger partial charge < -0.3 is 5.32 Å². The number of nitrogens with one attached hydrogen (secondary N) is 1. The molecule has 1 aromatic heterocycles. The minimum atomic E-state index is -0.0749. The number of amides is 1. The zero-order chi connectivity index (χ0) is 16.4. The van der Waals surface area contributed by atoms with Crippen LogP contribution in [0.15, 0.2) is 42.5 Å². The van der Waals surface area contributed by atoms with Gasteiger partial charge in [0.1, 0.15) is 12.1 Å². The van der Waals surface area contributed by atoms with Crippen molar-refractivity contribution in [2.75, 3.05) is 0 Å². The number of hydrogen-bond acceptors (Lipinski definition) is 3. The SMILES string of the molecule is Cc1ccc(C)c(C(C)NC(=O)Cn2nnc3ccccc32)c1. The molecule has 0 spiro atoms. The van der Waals surface area contributed by atoms with E-state index < -0.39 is 0 Å². The zero-order valence-electron chi connectivity index (χ0n) is 13.6. The Morgan fingerprint density at radius 2 is 2.00 bits per heavy atom. The maximum atomic E-state index is 12.3. The van der Waals surface area contributed by atoms with Crippen molar-refractivity contribution in [2.45, 2.75) is 33.4 Å². The molecule has 1 heterocycles. The van der Waals surface area contributed by atoms with E-state index in [9.17, 15) is 4.79 Å². The second kappa shape index (κ2) is 6.20. The monoisotopic (exact) mass is 308 g/mol. The fourth-order valence-corrected chi connectivity index (χ4v) is 2.76. The molecule has 3 aromatic rings. The summed E-state index contributed by atoms with van der Waals surface area (Å²) in [4.78, 5) is 12.3. The summed E-state index contributed by atoms with van der Waals surface area (Å²) in [7, 11) is 0. The van der Waals surface area contributed by atoms with Crippen LogP contribution in [0.25, 0.3) is 11.0 Å². The number of aromatic nitrogens is 3. The first kappa shape index (κ1) is 15.2. The predicted octanol–water partition coefficient (Wildman–Crippen LogP) is 2.93. The minimum Gasteiger partial charge on any atom is -0.348 e. The van der Waals surface area contributed by atoms with Gasteiger partial charge in [0.05, 0.1) is 11.6 Å². The Kier molecular flexibility index (Phi) is 4.10. The lowest BCUT2D eigenvalue weighted by Gasteiger charge is -2.17. The molecule has 5 nitrogen and oxygen atoms in total. The molecule has 118 valence electrons. The number of aryl methyl sites for hydroxylation is 2. The van der Waals surface area contributed by atoms with E-state index in [1.54, 1.807) is 4.68 Å². The highest BCUT2D eigenvalue weighted by Crippen LogP contribution is 2.19. The van der Waals surface area contributed by atoms with Crippen LogP contribution in [0.5, 0.6) is 0 Å². The normalized spacial score (nSPS) is 12.3. The van der Waals surface area contributed by atoms with Gasteiger partial charge in [0.2, 0.25) is 5.91 Å². The van der Waals surface area contributed by atoms with E-state index in [0.717, 1.165) is 16.6 Å². The number of carbonyl (C=O) groups is 1. The summed E-state index contributed by atoms with van der Waals surface area (Å²) in [6, 6.07) is 13.9. The van der Waals surface area contributed by atoms with E-state index >= 15 is 0 Å². The summed E-state index contributed by atoms with van der Waals surface area (Å²) < 4.78 is 1.63. The van der Waals surface area contributed by atoms with Gasteiger partial charge in [-0.25, -0.2) is 4.68 Å². The van der Waals surface area contributed by atoms with Crippen molar-refractivity contribution < 1.29 is 4.79 Å². The zero-order valence-corrected chi connectivity index (χ0v) is 13.6. The molecule has 0 fully saturated rings. The maximum Gasteiger partial charge on any atom is 0.242 e. The highest BCUT2D eigenvalue weighted by Gasteiger charge is 2.14. The van der Waals surface area contributed by atoms with Crippen molar-refractivity contribution in [1.29, 1.82) is 0 Å². The van der Waals surface area contributed by atoms with E-state index in [2.05, 4.69) is 47.7 Å². The van der Waals surface area contributed by atoms with E-state index in [-0.39, 0.29) is 18.5 Å². The second-order valence-electron chi connectivity index (χ2n) is 5.89. The molecule has 3 rings (SSSR count). The average Bonchev–Trinajstić information content (AvgIpc) is 2.93. The number of hydrogen-bond donors (Lipinski definition) is 1. The molecule has 5 heteroatoms. The summed E-state index contributed by atoms with van der Waals surface area (Å²) in [5.41, 5.74) is 5.16. The first-order chi connectivity index (χ1) is 11.0. The van der Waals surface area contributed by atoms with Gasteiger partial charge in [0, 0.05) is 0 Å². The van der Waals surface area contributed by atoms with Crippen LogP contribution in [0.4, 0.5) is 0 Å². The molecule has 23 heavy (non-hydrogen) atoms. The summed E-state index contributed by atoms with van der Waals surface area (Å²) in [5, 5.41) is 11.2. The smallest absolute Gasteiger partial charge is 0.242 e. The number of benzene rings is 2. The Morgan fingerprint density at radius 1 is 1.22 bits per heavy atom. The van der Waals surface area contributed by atoms with Crippen molar-refractivity contribution in [3.8, 4) is 0 Å². The van der Waals surface area contributed by atoms with Gasteiger partial charge >= 0.3 is 0 Å². The fraction of sp³-hybridized carbons (Fsp3) is 0.278. The topological polar surface area (TPSA) is 59.8 Å². The first-order valence-corrected chi connectivity index (χ1v) is 7.69. The molecule has 2 aromatic carbocycles. The van der Waals surface area contributed by atoms with Crippen LogP contribution >= 0.6 is 0 Å². The van der Waals surface area contributed by atoms with Gasteiger partial charge in [-0.1, -0.05) is 41.1 Å². The maximum absolute atomic E-state index is 12.3. The van der Waals surface area contributed by atoms with Crippen molar-refractivity contribution in [3.63, 3.8) is 0 Å². The molecular weight excluding hydrogens is 288 g/mol. The molecule has 0 aliphatic rings. The number of fused-ring (bicyclic) bond motifs is 1. The number of carbonyl (C=O) groups excluding carboxylic acids is 1. The van der Waals surface area contributed by atoms with Crippen LogP contribution in [0, 0.1) is 13.8 Å². The second-order valence-corrected chi connectivity index (χ2v) is 5.89. The van der Waals surface area contributed by atoms with Crippen LogP contribution in [0.2, 0.25) is 0 Å². The van der Waals surface area contributed by atoms with Crippen LogP contribution in [-0.4, -0.2) is 20.9 Å². The lowest BCUT2D eigenvalue weighted by Crippen LogP contribution is -2.30. The van der Waals surface area contributed by atoms with Crippen LogP contribution in [-0.2, 0) is 11.3 Å². The highest BCUT2D eigenvalue weighted by molar-refractivity contribution is 5.80. The molecule has 0 radical (unpaired) electrons. The molecule has 1 N–H and O–H groups in total. The highest BCUT2D eigenvalue weighted by atomic mass is 16.2. The van der Waals surface area contributed by atoms with Crippen molar-refractivity contribution in [3.05, 3.63) is 59.2 Å². The van der Waals surface area contributed by atoms with Crippen molar-refractivity contribution in [2.24, 2.45) is 0 Å². The number of para-hydroxylation sites is 1. The molecular formula is C18H20N4O. The van der Waals surface area contributed by atoms with Gasteiger partial charge in [-0.2, -0.15) is 0 Å². The Morgan fingerprint density at radius 3 is 2.83 bits per heavy atom. The summed E-state index contributed by atoms with van der Waals surface area (Å²) in [6.45, 7) is 6.27. The van der Waals surface area contributed by atoms with E-state index in [1.807, 2.05) is 31.2 Å². The fourth-order valence-electron chi connectivity index (χ4n) is 2.76. The summed E-state index contributed by atoms with van der Waals surface area (Å²) in [5.74, 6) is -0.0749. The van der Waals surface area contributed by atoms with Gasteiger partial charge in [0.25, 0.3) is 0 Å². The lowest BCUT2D eigenvalue weighted by atomic mass is 10.00. The van der Waals surface area contributed by atoms with Gasteiger partial charge in [-0.05, 0) is 44.0 Å². The van der Waals surface area contributed by atoms with Crippen LogP contribution < -0.4 is 5.32 Å². The van der Waals surface area contributed by atoms with Crippen LogP contribution in [0.1, 0.15) is 29.7 Å². The predicted molar refractivity (Wildman–Crippen MR) is 90.0 cm³/mol. The Balaban J connectivity index is 1.73. The average molecular weight is 308 g/mol. The van der Waals surface area contributed by atoms with E-state index in [1.165, 1.54) is 11.1 Å². The standard InChI is InChI=1S/C18H20N4O/c1-12-8-9-13(2)15(10-12)14(3)19-18(23)11-22-17-7-5-4-6-16(17)20-21-22/h4-10,14H,11H2,1-3H3,(H,19,23). The summed E-state index contributed by atoms with van der Waals surface area (Å²) >= 11 is 0. The molecule has 0 aliphatic heterocycles. The lowest BCUT2D eigenvalue weighted by molar-refractivity contribution is -0.122. The van der Waals surface area contributed by atoms with Crippen molar-refractivity contribution >= 4 is 16.9 Å². The first-order valence-electron chi connectivity index (χ1n) is 7.69. The van der Waals surface area contributed by atoms with Crippen LogP contribution in [0.3, 0.4) is 0 Å². The molecule has 0 bridgehead atoms. The Bertz CT molecular complexity index is 853. The molecule has 0 saturated carbocycles. The van der Waals surface area contributed by atoms with Crippen molar-refractivity contribution in [1.82, 2.24) is 20.3 Å². The third kappa shape index (κ3) is 3.23. The Hall–Kier alpha value is -2.69. The molecule has 0 saturated heterocycles. The van der Waals surface area contributed by atoms with E-state index in [4.69, 9.17) is 0 Å². The minimum absolute atomic E-state index is 0.0443. The van der Waals surface area contributed by atoms with Gasteiger partial charge in [-0.3, -0.25) is 4.79 Å². The molecule has 1 atom stereocenters. The van der Waals surface area contributed by atoms with E-state index in [0.29, 0.717) is 0 Å². The third-order valence-corrected chi connectivity index (χ3v) is 3.99. The number of rotatable bonds is 4. The Labute approximate surface area is 135 Å². The largest absolute Gasteiger partial charge is 0.348 e. The molecule has 0 aliphatic carbocycles. The molecule has 1 unspecified atom stereocenters. The summed E-state index contributed by atoms with van der Waals surface area (Å²) in [6.07, 6.45) is 0. The van der Waals surface area contributed by atoms with Gasteiger partial charge in [0.15, 0.2) is 0 Å².